The van der Waals surface area contributed by atoms with Crippen molar-refractivity contribution in [1.29, 1.82) is 0 Å². The minimum atomic E-state index is 0.176. The molecule has 5 heteroatoms. The Bertz CT molecular complexity index is 419. The minimum Gasteiger partial charge on any atom is -0.389 e. The van der Waals surface area contributed by atoms with Crippen LogP contribution < -0.4 is 11.1 Å². The topological polar surface area (TPSA) is 38.0 Å². The Labute approximate surface area is 121 Å². The second-order valence-electron chi connectivity index (χ2n) is 4.37. The third-order valence-corrected chi connectivity index (χ3v) is 4.47. The lowest BCUT2D eigenvalue weighted by molar-refractivity contribution is 0.752. The molecule has 0 aromatic heterocycles. The normalized spacial score (nSPS) is 11.3. The van der Waals surface area contributed by atoms with E-state index < -0.39 is 0 Å². The summed E-state index contributed by atoms with van der Waals surface area (Å²) in [5.41, 5.74) is 7.58. The summed E-state index contributed by atoms with van der Waals surface area (Å²) in [5, 5.41) is 3.41. The van der Waals surface area contributed by atoms with Gasteiger partial charge >= 0.3 is 0 Å². The van der Waals surface area contributed by atoms with Gasteiger partial charge in [0.15, 0.2) is 0 Å². The summed E-state index contributed by atoms with van der Waals surface area (Å²) >= 11 is 10.3. The van der Waals surface area contributed by atoms with Gasteiger partial charge in [-0.15, -0.1) is 0 Å². The first-order chi connectivity index (χ1) is 7.85. The molecule has 0 unspecified atom stereocenters. The first-order valence-electron chi connectivity index (χ1n) is 5.24. The highest BCUT2D eigenvalue weighted by molar-refractivity contribution is 9.10. The molecule has 0 heterocycles. The molecule has 0 atom stereocenters. The number of thiocarbonyl (C=S) groups is 1. The molecule has 0 aliphatic rings. The molecule has 1 aromatic rings. The van der Waals surface area contributed by atoms with Crippen LogP contribution >= 0.6 is 39.9 Å². The number of rotatable bonds is 5. The van der Waals surface area contributed by atoms with E-state index in [-0.39, 0.29) is 4.75 Å². The van der Waals surface area contributed by atoms with E-state index in [2.05, 4.69) is 41.3 Å². The van der Waals surface area contributed by atoms with Gasteiger partial charge in [0.2, 0.25) is 0 Å². The number of anilines is 1. The second kappa shape index (κ2) is 6.07. The fraction of sp³-hybridized carbons (Fsp3) is 0.417. The standard InChI is InChI=1S/C12H17BrN2S2/c1-12(2,17-3)7-15-10-6-8(13)4-5-9(10)11(14)16/h4-6,15H,7H2,1-3H3,(H2,14,16). The maximum absolute atomic E-state index is 5.71. The van der Waals surface area contributed by atoms with Crippen molar-refractivity contribution >= 4 is 50.6 Å². The Morgan fingerprint density at radius 3 is 2.71 bits per heavy atom. The van der Waals surface area contributed by atoms with Gasteiger partial charge in [-0.2, -0.15) is 11.8 Å². The smallest absolute Gasteiger partial charge is 0.106 e. The molecule has 0 aliphatic carbocycles. The van der Waals surface area contributed by atoms with Crippen LogP contribution in [0.5, 0.6) is 0 Å². The molecule has 0 fully saturated rings. The summed E-state index contributed by atoms with van der Waals surface area (Å²) in [7, 11) is 0. The van der Waals surface area contributed by atoms with E-state index >= 15 is 0 Å². The Balaban J connectivity index is 2.89. The van der Waals surface area contributed by atoms with E-state index in [0.29, 0.717) is 4.99 Å². The van der Waals surface area contributed by atoms with Gasteiger partial charge in [0.25, 0.3) is 0 Å². The molecular formula is C12H17BrN2S2. The number of hydrogen-bond acceptors (Lipinski definition) is 3. The number of nitrogens with one attached hydrogen (secondary N) is 1. The molecule has 0 amide bonds. The van der Waals surface area contributed by atoms with Crippen LogP contribution in [0.2, 0.25) is 0 Å². The average Bonchev–Trinajstić information content (AvgIpc) is 2.26. The maximum Gasteiger partial charge on any atom is 0.106 e. The van der Waals surface area contributed by atoms with Crippen LogP contribution in [0.15, 0.2) is 22.7 Å². The molecule has 0 bridgehead atoms. The van der Waals surface area contributed by atoms with Gasteiger partial charge < -0.3 is 11.1 Å². The molecular weight excluding hydrogens is 316 g/mol. The van der Waals surface area contributed by atoms with Gasteiger partial charge in [-0.3, -0.25) is 0 Å². The van der Waals surface area contributed by atoms with Gasteiger partial charge in [0.05, 0.1) is 0 Å². The summed E-state index contributed by atoms with van der Waals surface area (Å²) in [6, 6.07) is 5.88. The average molecular weight is 333 g/mol. The van der Waals surface area contributed by atoms with Gasteiger partial charge in [-0.05, 0) is 38.3 Å². The zero-order chi connectivity index (χ0) is 13.1. The molecule has 1 rings (SSSR count). The molecule has 0 saturated heterocycles. The van der Waals surface area contributed by atoms with Crippen molar-refractivity contribution in [1.82, 2.24) is 0 Å². The molecule has 94 valence electrons. The molecule has 17 heavy (non-hydrogen) atoms. The predicted molar refractivity (Wildman–Crippen MR) is 86.1 cm³/mol. The zero-order valence-electron chi connectivity index (χ0n) is 10.2. The van der Waals surface area contributed by atoms with Crippen LogP contribution in [0.25, 0.3) is 0 Å². The van der Waals surface area contributed by atoms with Crippen molar-refractivity contribution in [2.45, 2.75) is 18.6 Å². The molecule has 3 N–H and O–H groups in total. The van der Waals surface area contributed by atoms with Crippen molar-refractivity contribution in [2.24, 2.45) is 5.73 Å². The van der Waals surface area contributed by atoms with Crippen LogP contribution in [0.1, 0.15) is 19.4 Å². The predicted octanol–water partition coefficient (Wildman–Crippen LogP) is 3.64. The lowest BCUT2D eigenvalue weighted by Crippen LogP contribution is -2.27. The van der Waals surface area contributed by atoms with Gasteiger partial charge in [-0.25, -0.2) is 0 Å². The van der Waals surface area contributed by atoms with Crippen molar-refractivity contribution in [3.8, 4) is 0 Å². The number of nitrogens with two attached hydrogens (primary N) is 1. The Kier molecular flexibility index (Phi) is 5.28. The number of benzene rings is 1. The van der Waals surface area contributed by atoms with Crippen molar-refractivity contribution in [2.75, 3.05) is 18.1 Å². The van der Waals surface area contributed by atoms with Gasteiger partial charge in [-0.1, -0.05) is 28.1 Å². The van der Waals surface area contributed by atoms with E-state index in [9.17, 15) is 0 Å². The number of thioether (sulfide) groups is 1. The number of halogens is 1. The highest BCUT2D eigenvalue weighted by Crippen LogP contribution is 2.25. The summed E-state index contributed by atoms with van der Waals surface area (Å²) in [5.74, 6) is 0. The largest absolute Gasteiger partial charge is 0.389 e. The SMILES string of the molecule is CSC(C)(C)CNc1cc(Br)ccc1C(N)=S. The Hall–Kier alpha value is -0.260. The van der Waals surface area contributed by atoms with E-state index in [4.69, 9.17) is 18.0 Å². The summed E-state index contributed by atoms with van der Waals surface area (Å²) in [4.78, 5) is 0.418. The van der Waals surface area contributed by atoms with E-state index in [1.807, 2.05) is 30.0 Å². The monoisotopic (exact) mass is 332 g/mol. The number of hydrogen-bond donors (Lipinski definition) is 2. The van der Waals surface area contributed by atoms with Crippen LogP contribution in [0.3, 0.4) is 0 Å². The highest BCUT2D eigenvalue weighted by Gasteiger charge is 2.16. The molecule has 0 spiro atoms. The lowest BCUT2D eigenvalue weighted by Gasteiger charge is -2.24. The van der Waals surface area contributed by atoms with Crippen LogP contribution in [0, 0.1) is 0 Å². The van der Waals surface area contributed by atoms with Crippen molar-refractivity contribution in [3.63, 3.8) is 0 Å². The summed E-state index contributed by atoms with van der Waals surface area (Å²) in [6.45, 7) is 5.26. The second-order valence-corrected chi connectivity index (χ2v) is 7.24. The van der Waals surface area contributed by atoms with Crippen LogP contribution in [-0.4, -0.2) is 22.5 Å². The fourth-order valence-corrected chi connectivity index (χ4v) is 2.01. The Morgan fingerprint density at radius 2 is 2.18 bits per heavy atom. The maximum atomic E-state index is 5.71. The first kappa shape index (κ1) is 14.8. The van der Waals surface area contributed by atoms with E-state index in [0.717, 1.165) is 22.3 Å². The Morgan fingerprint density at radius 1 is 1.53 bits per heavy atom. The van der Waals surface area contributed by atoms with Crippen LogP contribution in [0.4, 0.5) is 5.69 Å². The third-order valence-electron chi connectivity index (χ3n) is 2.50. The third kappa shape index (κ3) is 4.48. The molecule has 0 aliphatic heterocycles. The van der Waals surface area contributed by atoms with Crippen molar-refractivity contribution in [3.05, 3.63) is 28.2 Å². The van der Waals surface area contributed by atoms with Gasteiger partial charge in [0, 0.05) is 27.0 Å². The van der Waals surface area contributed by atoms with E-state index in [1.165, 1.54) is 0 Å². The summed E-state index contributed by atoms with van der Waals surface area (Å²) in [6.07, 6.45) is 2.11. The van der Waals surface area contributed by atoms with Crippen LogP contribution in [-0.2, 0) is 0 Å². The van der Waals surface area contributed by atoms with E-state index in [1.54, 1.807) is 0 Å². The fourth-order valence-electron chi connectivity index (χ4n) is 1.26. The molecule has 1 aromatic carbocycles. The highest BCUT2D eigenvalue weighted by atomic mass is 79.9. The first-order valence-corrected chi connectivity index (χ1v) is 7.67. The molecule has 2 nitrogen and oxygen atoms in total. The molecule has 0 radical (unpaired) electrons. The van der Waals surface area contributed by atoms with Crippen molar-refractivity contribution < 1.29 is 0 Å². The minimum absolute atomic E-state index is 0.176. The molecule has 0 saturated carbocycles. The zero-order valence-corrected chi connectivity index (χ0v) is 13.4. The quantitative estimate of drug-likeness (QED) is 0.807. The lowest BCUT2D eigenvalue weighted by atomic mass is 10.1. The summed E-state index contributed by atoms with van der Waals surface area (Å²) < 4.78 is 1.19. The van der Waals surface area contributed by atoms with Gasteiger partial charge in [0.1, 0.15) is 4.99 Å².